The van der Waals surface area contributed by atoms with E-state index in [1.54, 1.807) is 24.3 Å². The summed E-state index contributed by atoms with van der Waals surface area (Å²) in [6.07, 6.45) is -5.66. The van der Waals surface area contributed by atoms with Crippen LogP contribution in [0, 0.1) is 0 Å². The summed E-state index contributed by atoms with van der Waals surface area (Å²) in [5.74, 6) is -2.61. The van der Waals surface area contributed by atoms with Gasteiger partial charge in [-0.1, -0.05) is 47.6 Å². The first-order chi connectivity index (χ1) is 11.9. The molecule has 4 nitrogen and oxygen atoms in total. The highest BCUT2D eigenvalue weighted by atomic mass is 19.4. The standard InChI is InChI=1S/C18H12F3NO3/c19-18(20,21)17(23)10-14(22-25-17)11-5-7-12(8-6-11)16-9-13-3-1-2-4-15(13)24-16/h1-9,23H,10H2. The number of nitrogens with zero attached hydrogens (tertiary/aromatic N) is 1. The summed E-state index contributed by atoms with van der Waals surface area (Å²) in [7, 11) is 0. The molecule has 1 aliphatic rings. The van der Waals surface area contributed by atoms with Gasteiger partial charge in [-0.3, -0.25) is 0 Å². The van der Waals surface area contributed by atoms with Gasteiger partial charge in [0.2, 0.25) is 0 Å². The number of oxime groups is 1. The zero-order valence-corrected chi connectivity index (χ0v) is 12.7. The van der Waals surface area contributed by atoms with E-state index in [1.807, 2.05) is 30.3 Å². The Labute approximate surface area is 140 Å². The van der Waals surface area contributed by atoms with Crippen molar-refractivity contribution >= 4 is 16.7 Å². The van der Waals surface area contributed by atoms with Crippen molar-refractivity contribution in [1.29, 1.82) is 0 Å². The van der Waals surface area contributed by atoms with Crippen LogP contribution in [0.3, 0.4) is 0 Å². The van der Waals surface area contributed by atoms with Gasteiger partial charge < -0.3 is 14.4 Å². The summed E-state index contributed by atoms with van der Waals surface area (Å²) in [6.45, 7) is 0. The molecule has 0 amide bonds. The summed E-state index contributed by atoms with van der Waals surface area (Å²) >= 11 is 0. The maximum Gasteiger partial charge on any atom is 0.458 e. The van der Waals surface area contributed by atoms with Crippen LogP contribution in [0.15, 0.2) is 64.2 Å². The lowest BCUT2D eigenvalue weighted by atomic mass is 10.0. The average molecular weight is 347 g/mol. The van der Waals surface area contributed by atoms with Crippen molar-refractivity contribution in [3.8, 4) is 11.3 Å². The molecule has 3 aromatic rings. The lowest BCUT2D eigenvalue weighted by Crippen LogP contribution is -2.45. The number of para-hydroxylation sites is 1. The fourth-order valence-electron chi connectivity index (χ4n) is 2.68. The van der Waals surface area contributed by atoms with E-state index in [0.717, 1.165) is 16.5 Å². The van der Waals surface area contributed by atoms with E-state index in [0.29, 0.717) is 11.3 Å². The first-order valence-electron chi connectivity index (χ1n) is 7.49. The summed E-state index contributed by atoms with van der Waals surface area (Å²) in [5, 5.41) is 13.8. The minimum atomic E-state index is -4.91. The quantitative estimate of drug-likeness (QED) is 0.744. The van der Waals surface area contributed by atoms with Gasteiger partial charge in [-0.2, -0.15) is 13.2 Å². The molecule has 1 atom stereocenters. The first kappa shape index (κ1) is 15.7. The molecule has 0 saturated heterocycles. The van der Waals surface area contributed by atoms with Crippen molar-refractivity contribution < 1.29 is 27.5 Å². The Morgan fingerprint density at radius 3 is 2.32 bits per heavy atom. The SMILES string of the molecule is OC1(C(F)(F)F)CC(c2ccc(-c3cc4ccccc4o3)cc2)=NO1. The van der Waals surface area contributed by atoms with Gasteiger partial charge in [0.05, 0.1) is 12.1 Å². The van der Waals surface area contributed by atoms with E-state index in [4.69, 9.17) is 4.42 Å². The maximum atomic E-state index is 12.8. The molecule has 1 unspecified atom stereocenters. The van der Waals surface area contributed by atoms with E-state index >= 15 is 0 Å². The number of rotatable bonds is 2. The largest absolute Gasteiger partial charge is 0.458 e. The molecular weight excluding hydrogens is 335 g/mol. The Morgan fingerprint density at radius 1 is 1.00 bits per heavy atom. The van der Waals surface area contributed by atoms with E-state index in [-0.39, 0.29) is 5.71 Å². The predicted octanol–water partition coefficient (Wildman–Crippen LogP) is 4.48. The van der Waals surface area contributed by atoms with Gasteiger partial charge >= 0.3 is 12.0 Å². The number of benzene rings is 2. The number of halogens is 3. The predicted molar refractivity (Wildman–Crippen MR) is 84.9 cm³/mol. The zero-order chi connectivity index (χ0) is 17.7. The van der Waals surface area contributed by atoms with Gasteiger partial charge in [-0.25, -0.2) is 0 Å². The molecule has 2 heterocycles. The molecule has 0 aliphatic carbocycles. The van der Waals surface area contributed by atoms with Crippen molar-refractivity contribution in [3.63, 3.8) is 0 Å². The number of furan rings is 1. The molecule has 2 aromatic carbocycles. The van der Waals surface area contributed by atoms with E-state index < -0.39 is 18.4 Å². The number of aliphatic hydroxyl groups is 1. The smallest absolute Gasteiger partial charge is 0.456 e. The van der Waals surface area contributed by atoms with Crippen LogP contribution < -0.4 is 0 Å². The third-order valence-electron chi connectivity index (χ3n) is 4.09. The second-order valence-corrected chi connectivity index (χ2v) is 5.81. The second kappa shape index (κ2) is 5.35. The molecule has 1 aromatic heterocycles. The molecule has 25 heavy (non-hydrogen) atoms. The molecule has 1 N–H and O–H groups in total. The van der Waals surface area contributed by atoms with Crippen molar-refractivity contribution in [2.75, 3.05) is 0 Å². The molecule has 0 saturated carbocycles. The third-order valence-corrected chi connectivity index (χ3v) is 4.09. The number of hydrogen-bond acceptors (Lipinski definition) is 4. The number of alkyl halides is 3. The topological polar surface area (TPSA) is 55.0 Å². The minimum Gasteiger partial charge on any atom is -0.456 e. The number of hydrogen-bond donors (Lipinski definition) is 1. The highest BCUT2D eigenvalue weighted by Gasteiger charge is 2.60. The van der Waals surface area contributed by atoms with Crippen LogP contribution >= 0.6 is 0 Å². The molecule has 128 valence electrons. The van der Waals surface area contributed by atoms with Crippen LogP contribution in [-0.2, 0) is 4.84 Å². The summed E-state index contributed by atoms with van der Waals surface area (Å²) in [4.78, 5) is 4.23. The fourth-order valence-corrected chi connectivity index (χ4v) is 2.68. The van der Waals surface area contributed by atoms with Crippen molar-refractivity contribution in [2.24, 2.45) is 5.16 Å². The third kappa shape index (κ3) is 2.66. The second-order valence-electron chi connectivity index (χ2n) is 5.81. The monoisotopic (exact) mass is 347 g/mol. The summed E-state index contributed by atoms with van der Waals surface area (Å²) in [6, 6.07) is 16.1. The van der Waals surface area contributed by atoms with Gasteiger partial charge in [0.15, 0.2) is 0 Å². The van der Waals surface area contributed by atoms with Gasteiger partial charge in [-0.15, -0.1) is 0 Å². The Balaban J connectivity index is 1.59. The molecule has 7 heteroatoms. The lowest BCUT2D eigenvalue weighted by Gasteiger charge is -2.22. The van der Waals surface area contributed by atoms with Crippen LogP contribution in [0.25, 0.3) is 22.3 Å². The van der Waals surface area contributed by atoms with Gasteiger partial charge in [0.25, 0.3) is 0 Å². The van der Waals surface area contributed by atoms with Crippen LogP contribution in [0.5, 0.6) is 0 Å². The molecule has 0 radical (unpaired) electrons. The van der Waals surface area contributed by atoms with Crippen molar-refractivity contribution in [1.82, 2.24) is 0 Å². The van der Waals surface area contributed by atoms with Crippen molar-refractivity contribution in [2.45, 2.75) is 18.4 Å². The first-order valence-corrected chi connectivity index (χ1v) is 7.49. The lowest BCUT2D eigenvalue weighted by molar-refractivity contribution is -0.355. The fraction of sp³-hybridized carbons (Fsp3) is 0.167. The van der Waals surface area contributed by atoms with E-state index in [9.17, 15) is 18.3 Å². The molecule has 1 aliphatic heterocycles. The normalized spacial score (nSPS) is 20.6. The molecular formula is C18H12F3NO3. The van der Waals surface area contributed by atoms with Crippen LogP contribution in [0.1, 0.15) is 12.0 Å². The summed E-state index contributed by atoms with van der Waals surface area (Å²) in [5.41, 5.74) is 2.02. The highest BCUT2D eigenvalue weighted by molar-refractivity contribution is 6.01. The molecule has 4 rings (SSSR count). The van der Waals surface area contributed by atoms with Crippen LogP contribution in [-0.4, -0.2) is 22.8 Å². The summed E-state index contributed by atoms with van der Waals surface area (Å²) < 4.78 is 44.0. The van der Waals surface area contributed by atoms with Crippen molar-refractivity contribution in [3.05, 3.63) is 60.2 Å². The maximum absolute atomic E-state index is 12.8. The van der Waals surface area contributed by atoms with E-state index in [2.05, 4.69) is 9.99 Å². The molecule has 0 spiro atoms. The van der Waals surface area contributed by atoms with Gasteiger partial charge in [0, 0.05) is 10.9 Å². The Kier molecular flexibility index (Phi) is 3.36. The van der Waals surface area contributed by atoms with Gasteiger partial charge in [0.1, 0.15) is 11.3 Å². The van der Waals surface area contributed by atoms with Gasteiger partial charge in [-0.05, 0) is 17.7 Å². The molecule has 0 fully saturated rings. The highest BCUT2D eigenvalue weighted by Crippen LogP contribution is 2.39. The van der Waals surface area contributed by atoms with Crippen LogP contribution in [0.2, 0.25) is 0 Å². The Morgan fingerprint density at radius 2 is 1.68 bits per heavy atom. The zero-order valence-electron chi connectivity index (χ0n) is 12.7. The Hall–Kier alpha value is -2.80. The minimum absolute atomic E-state index is 0.0379. The average Bonchev–Trinajstić information content (AvgIpc) is 3.19. The number of fused-ring (bicyclic) bond motifs is 1. The van der Waals surface area contributed by atoms with E-state index in [1.165, 1.54) is 0 Å². The van der Waals surface area contributed by atoms with Crippen LogP contribution in [0.4, 0.5) is 13.2 Å². The molecule has 0 bridgehead atoms. The Bertz CT molecular complexity index is 927.